The summed E-state index contributed by atoms with van der Waals surface area (Å²) in [6.45, 7) is 0.206. The molecule has 1 aromatic heterocycles. The summed E-state index contributed by atoms with van der Waals surface area (Å²) >= 11 is 0. The van der Waals surface area contributed by atoms with Gasteiger partial charge in [0.15, 0.2) is 5.82 Å². The van der Waals surface area contributed by atoms with E-state index in [4.69, 9.17) is 17.2 Å². The fourth-order valence-corrected chi connectivity index (χ4v) is 0.722. The Morgan fingerprint density at radius 3 is 2.55 bits per heavy atom. The third-order valence-electron chi connectivity index (χ3n) is 1.22. The lowest BCUT2D eigenvalue weighted by Crippen LogP contribution is -2.13. The standard InChI is InChI=1S/C5H9N5O/c6-1-2-9-3(5(8)11)4(7)10-2/h1,6-7H2,(H2,8,11)(H,9,10). The van der Waals surface area contributed by atoms with Crippen LogP contribution in [-0.4, -0.2) is 15.9 Å². The van der Waals surface area contributed by atoms with Gasteiger partial charge in [-0.25, -0.2) is 4.98 Å². The normalized spacial score (nSPS) is 9.91. The zero-order chi connectivity index (χ0) is 8.43. The van der Waals surface area contributed by atoms with Crippen molar-refractivity contribution in [1.29, 1.82) is 0 Å². The van der Waals surface area contributed by atoms with Crippen LogP contribution in [-0.2, 0) is 6.54 Å². The monoisotopic (exact) mass is 155 g/mol. The number of carbonyl (C=O) groups excluding carboxylic acids is 1. The van der Waals surface area contributed by atoms with Crippen molar-refractivity contribution in [3.8, 4) is 0 Å². The van der Waals surface area contributed by atoms with Crippen LogP contribution in [0, 0.1) is 0 Å². The van der Waals surface area contributed by atoms with E-state index in [1.54, 1.807) is 0 Å². The number of anilines is 1. The van der Waals surface area contributed by atoms with Gasteiger partial charge in [-0.1, -0.05) is 0 Å². The number of nitrogens with two attached hydrogens (primary N) is 3. The van der Waals surface area contributed by atoms with Gasteiger partial charge in [-0.3, -0.25) is 4.79 Å². The molecule has 0 saturated heterocycles. The van der Waals surface area contributed by atoms with Crippen LogP contribution < -0.4 is 17.2 Å². The fourth-order valence-electron chi connectivity index (χ4n) is 0.722. The quantitative estimate of drug-likeness (QED) is 0.417. The van der Waals surface area contributed by atoms with Gasteiger partial charge in [0, 0.05) is 0 Å². The maximum absolute atomic E-state index is 10.6. The number of nitrogens with zero attached hydrogens (tertiary/aromatic N) is 1. The van der Waals surface area contributed by atoms with E-state index < -0.39 is 5.91 Å². The smallest absolute Gasteiger partial charge is 0.269 e. The van der Waals surface area contributed by atoms with Crippen LogP contribution in [0.3, 0.4) is 0 Å². The number of hydrogen-bond donors (Lipinski definition) is 4. The molecule has 0 spiro atoms. The second-order valence-corrected chi connectivity index (χ2v) is 2.01. The van der Waals surface area contributed by atoms with Crippen LogP contribution >= 0.6 is 0 Å². The van der Waals surface area contributed by atoms with Gasteiger partial charge in [0.25, 0.3) is 5.91 Å². The molecule has 0 saturated carbocycles. The van der Waals surface area contributed by atoms with Crippen LogP contribution in [0.1, 0.15) is 16.3 Å². The topological polar surface area (TPSA) is 124 Å². The molecule has 0 aromatic carbocycles. The number of rotatable bonds is 2. The molecular formula is C5H9N5O. The van der Waals surface area contributed by atoms with Gasteiger partial charge in [-0.05, 0) is 0 Å². The van der Waals surface area contributed by atoms with Crippen LogP contribution in [0.15, 0.2) is 0 Å². The van der Waals surface area contributed by atoms with Crippen molar-refractivity contribution in [2.45, 2.75) is 6.54 Å². The number of primary amides is 1. The number of aromatic amines is 1. The van der Waals surface area contributed by atoms with Crippen LogP contribution in [0.5, 0.6) is 0 Å². The first-order valence-electron chi connectivity index (χ1n) is 2.99. The molecule has 1 aromatic rings. The lowest BCUT2D eigenvalue weighted by Gasteiger charge is -1.87. The first-order valence-corrected chi connectivity index (χ1v) is 2.99. The van der Waals surface area contributed by atoms with Crippen molar-refractivity contribution in [3.05, 3.63) is 11.5 Å². The molecule has 6 heteroatoms. The molecule has 11 heavy (non-hydrogen) atoms. The fraction of sp³-hybridized carbons (Fsp3) is 0.200. The van der Waals surface area contributed by atoms with Crippen molar-refractivity contribution in [2.24, 2.45) is 11.5 Å². The molecule has 6 nitrogen and oxygen atoms in total. The van der Waals surface area contributed by atoms with E-state index in [1.165, 1.54) is 0 Å². The summed E-state index contributed by atoms with van der Waals surface area (Å²) in [6, 6.07) is 0. The maximum atomic E-state index is 10.6. The molecule has 1 heterocycles. The summed E-state index contributed by atoms with van der Waals surface area (Å²) in [4.78, 5) is 16.9. The summed E-state index contributed by atoms with van der Waals surface area (Å²) in [6.07, 6.45) is 0. The van der Waals surface area contributed by atoms with Gasteiger partial charge in [0.2, 0.25) is 0 Å². The highest BCUT2D eigenvalue weighted by molar-refractivity contribution is 5.95. The molecule has 60 valence electrons. The lowest BCUT2D eigenvalue weighted by molar-refractivity contribution is 0.0997. The Bertz CT molecular complexity index is 278. The summed E-state index contributed by atoms with van der Waals surface area (Å²) < 4.78 is 0. The summed E-state index contributed by atoms with van der Waals surface area (Å²) in [7, 11) is 0. The van der Waals surface area contributed by atoms with Gasteiger partial charge in [-0.2, -0.15) is 0 Å². The van der Waals surface area contributed by atoms with Crippen LogP contribution in [0.25, 0.3) is 0 Å². The molecule has 0 atom stereocenters. The Morgan fingerprint density at radius 1 is 1.64 bits per heavy atom. The van der Waals surface area contributed by atoms with Crippen molar-refractivity contribution in [2.75, 3.05) is 5.73 Å². The molecule has 0 aliphatic carbocycles. The number of aromatic nitrogens is 2. The highest BCUT2D eigenvalue weighted by atomic mass is 16.1. The first kappa shape index (κ1) is 7.55. The number of carbonyl (C=O) groups is 1. The Balaban J connectivity index is 3.07. The maximum Gasteiger partial charge on any atom is 0.269 e. The largest absolute Gasteiger partial charge is 0.382 e. The molecule has 0 aliphatic rings. The molecule has 0 unspecified atom stereocenters. The minimum atomic E-state index is -0.630. The molecule has 1 rings (SSSR count). The van der Waals surface area contributed by atoms with Crippen molar-refractivity contribution in [1.82, 2.24) is 9.97 Å². The molecule has 1 amide bonds. The average molecular weight is 155 g/mol. The molecule has 0 bridgehead atoms. The average Bonchev–Trinajstić information content (AvgIpc) is 2.30. The van der Waals surface area contributed by atoms with Crippen molar-refractivity contribution >= 4 is 11.7 Å². The minimum absolute atomic E-state index is 0.0953. The SMILES string of the molecule is NCc1nc(N)c(C(N)=O)[nH]1. The third-order valence-corrected chi connectivity index (χ3v) is 1.22. The first-order chi connectivity index (χ1) is 5.15. The van der Waals surface area contributed by atoms with E-state index in [-0.39, 0.29) is 18.1 Å². The molecule has 0 aliphatic heterocycles. The van der Waals surface area contributed by atoms with Gasteiger partial charge < -0.3 is 22.2 Å². The van der Waals surface area contributed by atoms with Gasteiger partial charge in [0.05, 0.1) is 6.54 Å². The predicted molar refractivity (Wildman–Crippen MR) is 39.4 cm³/mol. The third kappa shape index (κ3) is 1.30. The Hall–Kier alpha value is -1.56. The van der Waals surface area contributed by atoms with E-state index in [9.17, 15) is 4.79 Å². The van der Waals surface area contributed by atoms with Crippen molar-refractivity contribution in [3.63, 3.8) is 0 Å². The van der Waals surface area contributed by atoms with E-state index >= 15 is 0 Å². The highest BCUT2D eigenvalue weighted by Crippen LogP contribution is 2.05. The predicted octanol–water partition coefficient (Wildman–Crippen LogP) is -1.45. The van der Waals surface area contributed by atoms with Gasteiger partial charge >= 0.3 is 0 Å². The lowest BCUT2D eigenvalue weighted by atomic mass is 10.4. The number of hydrogen-bond acceptors (Lipinski definition) is 4. The van der Waals surface area contributed by atoms with E-state index in [0.717, 1.165) is 0 Å². The summed E-state index contributed by atoms with van der Waals surface area (Å²) in [5.41, 5.74) is 15.6. The molecular weight excluding hydrogens is 146 g/mol. The zero-order valence-electron chi connectivity index (χ0n) is 5.79. The second kappa shape index (κ2) is 2.59. The van der Waals surface area contributed by atoms with Gasteiger partial charge in [0.1, 0.15) is 11.5 Å². The summed E-state index contributed by atoms with van der Waals surface area (Å²) in [5.74, 6) is -0.0797. The number of amides is 1. The Labute approximate surface area is 62.8 Å². The van der Waals surface area contributed by atoms with Crippen LogP contribution in [0.4, 0.5) is 5.82 Å². The van der Waals surface area contributed by atoms with E-state index in [0.29, 0.717) is 5.82 Å². The minimum Gasteiger partial charge on any atom is -0.382 e. The van der Waals surface area contributed by atoms with Crippen LogP contribution in [0.2, 0.25) is 0 Å². The Morgan fingerprint density at radius 2 is 2.27 bits per heavy atom. The summed E-state index contributed by atoms with van der Waals surface area (Å²) in [5, 5.41) is 0. The Kier molecular flexibility index (Phi) is 1.77. The number of H-pyrrole nitrogens is 1. The number of nitrogen functional groups attached to an aromatic ring is 1. The van der Waals surface area contributed by atoms with Gasteiger partial charge in [-0.15, -0.1) is 0 Å². The molecule has 0 radical (unpaired) electrons. The zero-order valence-corrected chi connectivity index (χ0v) is 5.79. The van der Waals surface area contributed by atoms with Crippen molar-refractivity contribution < 1.29 is 4.79 Å². The van der Waals surface area contributed by atoms with E-state index in [1.807, 2.05) is 0 Å². The van der Waals surface area contributed by atoms with E-state index in [2.05, 4.69) is 9.97 Å². The molecule has 0 fully saturated rings. The molecule has 7 N–H and O–H groups in total. The highest BCUT2D eigenvalue weighted by Gasteiger charge is 2.10. The number of imidazole rings is 1. The number of nitrogens with one attached hydrogen (secondary N) is 1. The second-order valence-electron chi connectivity index (χ2n) is 2.01.